The van der Waals surface area contributed by atoms with Gasteiger partial charge < -0.3 is 10.1 Å². The monoisotopic (exact) mass is 364 g/mol. The van der Waals surface area contributed by atoms with Crippen LogP contribution in [0.3, 0.4) is 0 Å². The van der Waals surface area contributed by atoms with Crippen LogP contribution in [-0.4, -0.2) is 34.0 Å². The highest BCUT2D eigenvalue weighted by molar-refractivity contribution is 6.04. The van der Waals surface area contributed by atoms with Crippen molar-refractivity contribution in [3.05, 3.63) is 70.5 Å². The minimum absolute atomic E-state index is 0.221. The normalized spacial score (nSPS) is 10.5. The average Bonchev–Trinajstić information content (AvgIpc) is 3.02. The summed E-state index contributed by atoms with van der Waals surface area (Å²) < 4.78 is 6.34. The lowest BCUT2D eigenvalue weighted by Crippen LogP contribution is -2.15. The van der Waals surface area contributed by atoms with Gasteiger partial charge in [-0.05, 0) is 50.6 Å². The number of aryl methyl sites for hydroxylation is 2. The molecule has 27 heavy (non-hydrogen) atoms. The predicted octanol–water partition coefficient (Wildman–Crippen LogP) is 3.23. The van der Waals surface area contributed by atoms with Gasteiger partial charge in [0.05, 0.1) is 24.1 Å². The molecule has 0 spiro atoms. The molecule has 0 aliphatic carbocycles. The zero-order valence-electron chi connectivity index (χ0n) is 15.6. The van der Waals surface area contributed by atoms with E-state index in [1.807, 2.05) is 26.0 Å². The van der Waals surface area contributed by atoms with Crippen LogP contribution < -0.4 is 5.32 Å². The first-order chi connectivity index (χ1) is 12.9. The topological polar surface area (TPSA) is 86.1 Å². The third-order valence-corrected chi connectivity index (χ3v) is 4.23. The Morgan fingerprint density at radius 2 is 1.85 bits per heavy atom. The lowest BCUT2D eigenvalue weighted by atomic mass is 10.1. The molecule has 3 aromatic rings. The summed E-state index contributed by atoms with van der Waals surface area (Å²) in [5.41, 5.74) is 4.74. The van der Waals surface area contributed by atoms with Crippen molar-refractivity contribution >= 4 is 17.6 Å². The molecule has 0 bridgehead atoms. The Morgan fingerprint density at radius 3 is 2.56 bits per heavy atom. The predicted molar refractivity (Wildman–Crippen MR) is 101 cm³/mol. The maximum atomic E-state index is 12.6. The first-order valence-corrected chi connectivity index (χ1v) is 8.40. The van der Waals surface area contributed by atoms with Gasteiger partial charge in [-0.15, -0.1) is 5.10 Å². The Labute approximate surface area is 157 Å². The highest BCUT2D eigenvalue weighted by Gasteiger charge is 2.19. The van der Waals surface area contributed by atoms with Crippen LogP contribution in [0.5, 0.6) is 0 Å². The molecule has 3 rings (SSSR count). The third kappa shape index (κ3) is 3.72. The van der Waals surface area contributed by atoms with Crippen molar-refractivity contribution in [3.8, 4) is 5.69 Å². The smallest absolute Gasteiger partial charge is 0.337 e. The van der Waals surface area contributed by atoms with Crippen LogP contribution in [0.2, 0.25) is 0 Å². The first kappa shape index (κ1) is 18.3. The van der Waals surface area contributed by atoms with Gasteiger partial charge in [0.2, 0.25) is 0 Å². The van der Waals surface area contributed by atoms with Gasteiger partial charge >= 0.3 is 5.97 Å². The number of hydrogen-bond acceptors (Lipinski definition) is 5. The zero-order valence-corrected chi connectivity index (χ0v) is 15.6. The maximum absolute atomic E-state index is 12.6. The number of carbonyl (C=O) groups excluding carboxylic acids is 2. The summed E-state index contributed by atoms with van der Waals surface area (Å²) in [4.78, 5) is 24.3. The number of hydrogen-bond donors (Lipinski definition) is 1. The van der Waals surface area contributed by atoms with E-state index in [9.17, 15) is 9.59 Å². The average molecular weight is 364 g/mol. The van der Waals surface area contributed by atoms with Crippen molar-refractivity contribution in [2.24, 2.45) is 0 Å². The van der Waals surface area contributed by atoms with Crippen LogP contribution in [0.25, 0.3) is 5.69 Å². The van der Waals surface area contributed by atoms with Gasteiger partial charge in [0.1, 0.15) is 0 Å². The lowest BCUT2D eigenvalue weighted by molar-refractivity contribution is 0.0600. The fraction of sp³-hybridized carbons (Fsp3) is 0.200. The molecule has 1 aromatic heterocycles. The molecule has 1 amide bonds. The fourth-order valence-corrected chi connectivity index (χ4v) is 2.84. The molecule has 1 N–H and O–H groups in total. The van der Waals surface area contributed by atoms with Crippen molar-refractivity contribution in [2.45, 2.75) is 20.8 Å². The second kappa shape index (κ2) is 7.41. The van der Waals surface area contributed by atoms with Crippen LogP contribution in [0.1, 0.15) is 37.7 Å². The standard InChI is InChI=1S/C20H20N4O3/c1-12-8-9-17(13(2)10-12)24-14(3)18(22-23-24)19(25)21-16-7-5-6-15(11-16)20(26)27-4/h5-11H,1-4H3,(H,21,25). The lowest BCUT2D eigenvalue weighted by Gasteiger charge is -2.09. The minimum atomic E-state index is -0.469. The van der Waals surface area contributed by atoms with Gasteiger partial charge in [-0.1, -0.05) is 29.0 Å². The Bertz CT molecular complexity index is 1020. The molecule has 7 nitrogen and oxygen atoms in total. The van der Waals surface area contributed by atoms with E-state index >= 15 is 0 Å². The maximum Gasteiger partial charge on any atom is 0.337 e. The van der Waals surface area contributed by atoms with Crippen molar-refractivity contribution in [1.82, 2.24) is 15.0 Å². The second-order valence-corrected chi connectivity index (χ2v) is 6.25. The Hall–Kier alpha value is -3.48. The number of benzene rings is 2. The zero-order chi connectivity index (χ0) is 19.6. The molecule has 0 aliphatic rings. The van der Waals surface area contributed by atoms with Gasteiger partial charge in [-0.25, -0.2) is 9.48 Å². The summed E-state index contributed by atoms with van der Waals surface area (Å²) in [5.74, 6) is -0.867. The van der Waals surface area contributed by atoms with Gasteiger partial charge in [0.15, 0.2) is 5.69 Å². The largest absolute Gasteiger partial charge is 0.465 e. The van der Waals surface area contributed by atoms with Gasteiger partial charge in [0.25, 0.3) is 5.91 Å². The molecule has 7 heteroatoms. The van der Waals surface area contributed by atoms with E-state index in [0.717, 1.165) is 16.8 Å². The SMILES string of the molecule is COC(=O)c1cccc(NC(=O)c2nnn(-c3ccc(C)cc3C)c2C)c1. The van der Waals surface area contributed by atoms with E-state index in [1.54, 1.807) is 35.9 Å². The Kier molecular flexibility index (Phi) is 5.03. The molecule has 0 saturated heterocycles. The van der Waals surface area contributed by atoms with E-state index in [2.05, 4.69) is 21.7 Å². The number of aromatic nitrogens is 3. The molecular weight excluding hydrogens is 344 g/mol. The van der Waals surface area contributed by atoms with Crippen molar-refractivity contribution in [2.75, 3.05) is 12.4 Å². The highest BCUT2D eigenvalue weighted by atomic mass is 16.5. The molecule has 1 heterocycles. The van der Waals surface area contributed by atoms with Crippen LogP contribution in [0.4, 0.5) is 5.69 Å². The number of anilines is 1. The number of rotatable bonds is 4. The first-order valence-electron chi connectivity index (χ1n) is 8.40. The van der Waals surface area contributed by atoms with Gasteiger partial charge in [-0.3, -0.25) is 4.79 Å². The van der Waals surface area contributed by atoms with Crippen molar-refractivity contribution in [3.63, 3.8) is 0 Å². The van der Waals surface area contributed by atoms with E-state index in [0.29, 0.717) is 16.9 Å². The van der Waals surface area contributed by atoms with Crippen molar-refractivity contribution in [1.29, 1.82) is 0 Å². The summed E-state index contributed by atoms with van der Waals surface area (Å²) in [7, 11) is 1.31. The van der Waals surface area contributed by atoms with Crippen LogP contribution in [-0.2, 0) is 4.74 Å². The van der Waals surface area contributed by atoms with Crippen LogP contribution in [0.15, 0.2) is 42.5 Å². The molecule has 0 radical (unpaired) electrons. The Balaban J connectivity index is 1.87. The summed E-state index contributed by atoms with van der Waals surface area (Å²) in [6.07, 6.45) is 0. The van der Waals surface area contributed by atoms with Gasteiger partial charge in [-0.2, -0.15) is 0 Å². The number of amides is 1. The van der Waals surface area contributed by atoms with E-state index in [1.165, 1.54) is 7.11 Å². The van der Waals surface area contributed by atoms with E-state index in [-0.39, 0.29) is 5.69 Å². The van der Waals surface area contributed by atoms with E-state index < -0.39 is 11.9 Å². The molecule has 2 aromatic carbocycles. The van der Waals surface area contributed by atoms with Crippen LogP contribution in [0, 0.1) is 20.8 Å². The number of carbonyl (C=O) groups is 2. The summed E-state index contributed by atoms with van der Waals surface area (Å²) in [5, 5.41) is 10.9. The Morgan fingerprint density at radius 1 is 1.07 bits per heavy atom. The number of nitrogens with one attached hydrogen (secondary N) is 1. The molecular formula is C20H20N4O3. The quantitative estimate of drug-likeness (QED) is 0.718. The fourth-order valence-electron chi connectivity index (χ4n) is 2.84. The van der Waals surface area contributed by atoms with Gasteiger partial charge in [0, 0.05) is 5.69 Å². The minimum Gasteiger partial charge on any atom is -0.465 e. The van der Waals surface area contributed by atoms with Crippen LogP contribution >= 0.6 is 0 Å². The van der Waals surface area contributed by atoms with E-state index in [4.69, 9.17) is 4.74 Å². The number of nitrogens with zero attached hydrogens (tertiary/aromatic N) is 3. The molecule has 0 unspecified atom stereocenters. The molecule has 0 aliphatic heterocycles. The number of esters is 1. The highest BCUT2D eigenvalue weighted by Crippen LogP contribution is 2.19. The second-order valence-electron chi connectivity index (χ2n) is 6.25. The third-order valence-electron chi connectivity index (χ3n) is 4.23. The molecule has 0 saturated carbocycles. The van der Waals surface area contributed by atoms with Crippen molar-refractivity contribution < 1.29 is 14.3 Å². The summed E-state index contributed by atoms with van der Waals surface area (Å²) in [6.45, 7) is 5.80. The number of methoxy groups -OCH3 is 1. The summed E-state index contributed by atoms with van der Waals surface area (Å²) in [6, 6.07) is 12.5. The summed E-state index contributed by atoms with van der Waals surface area (Å²) >= 11 is 0. The number of ether oxygens (including phenoxy) is 1. The molecule has 138 valence electrons. The molecule has 0 fully saturated rings. The molecule has 0 atom stereocenters.